The Kier molecular flexibility index (Phi) is 6.94. The molecular formula is C26H23ClF2N6O. The van der Waals surface area contributed by atoms with Gasteiger partial charge < -0.3 is 11.1 Å². The number of nitrogens with two attached hydrogens (primary N) is 1. The highest BCUT2D eigenvalue weighted by Gasteiger charge is 2.29. The SMILES string of the molecule is Cc1cc(-c2nc(C(=O)NC(C)(C)c3cccc(C(F)F)n3)c(N)nc2-c2ccccc2)cc(Cl)n1. The molecule has 7 nitrogen and oxygen atoms in total. The third-order valence-corrected chi connectivity index (χ3v) is 5.63. The molecule has 0 saturated carbocycles. The number of halogens is 3. The minimum absolute atomic E-state index is 0.0860. The number of amides is 1. The van der Waals surface area contributed by atoms with Crippen molar-refractivity contribution >= 4 is 23.3 Å². The number of rotatable bonds is 6. The maximum absolute atomic E-state index is 13.3. The quantitative estimate of drug-likeness (QED) is 0.321. The second-order valence-corrected chi connectivity index (χ2v) is 9.06. The van der Waals surface area contributed by atoms with Gasteiger partial charge in [0.2, 0.25) is 0 Å². The van der Waals surface area contributed by atoms with Crippen LogP contribution in [0.25, 0.3) is 22.5 Å². The van der Waals surface area contributed by atoms with Crippen molar-refractivity contribution < 1.29 is 13.6 Å². The van der Waals surface area contributed by atoms with Crippen molar-refractivity contribution in [3.8, 4) is 22.5 Å². The molecule has 1 aromatic carbocycles. The van der Waals surface area contributed by atoms with Crippen molar-refractivity contribution in [2.24, 2.45) is 0 Å². The third kappa shape index (κ3) is 5.31. The summed E-state index contributed by atoms with van der Waals surface area (Å²) in [6.45, 7) is 5.09. The van der Waals surface area contributed by atoms with Gasteiger partial charge in [0.15, 0.2) is 11.5 Å². The molecule has 0 radical (unpaired) electrons. The zero-order valence-electron chi connectivity index (χ0n) is 19.8. The first-order valence-electron chi connectivity index (χ1n) is 11.0. The van der Waals surface area contributed by atoms with E-state index in [1.807, 2.05) is 30.3 Å². The number of nitrogens with zero attached hydrogens (tertiary/aromatic N) is 4. The van der Waals surface area contributed by atoms with Crippen LogP contribution in [0.15, 0.2) is 60.7 Å². The van der Waals surface area contributed by atoms with E-state index < -0.39 is 17.9 Å². The van der Waals surface area contributed by atoms with Crippen LogP contribution >= 0.6 is 11.6 Å². The van der Waals surface area contributed by atoms with Gasteiger partial charge in [-0.25, -0.2) is 28.7 Å². The van der Waals surface area contributed by atoms with E-state index in [0.717, 1.165) is 5.56 Å². The van der Waals surface area contributed by atoms with Gasteiger partial charge in [-0.15, -0.1) is 0 Å². The maximum atomic E-state index is 13.3. The number of carbonyl (C=O) groups is 1. The van der Waals surface area contributed by atoms with Gasteiger partial charge in [0, 0.05) is 16.8 Å². The summed E-state index contributed by atoms with van der Waals surface area (Å²) in [4.78, 5) is 30.6. The van der Waals surface area contributed by atoms with Gasteiger partial charge in [-0.05, 0) is 45.0 Å². The molecule has 0 unspecified atom stereocenters. The summed E-state index contributed by atoms with van der Waals surface area (Å²) in [7, 11) is 0. The van der Waals surface area contributed by atoms with Crippen LogP contribution in [0, 0.1) is 6.92 Å². The zero-order valence-corrected chi connectivity index (χ0v) is 20.5. The van der Waals surface area contributed by atoms with Gasteiger partial charge in [0.05, 0.1) is 22.6 Å². The molecule has 3 heterocycles. The average molecular weight is 509 g/mol. The molecule has 0 saturated heterocycles. The number of nitrogens with one attached hydrogen (secondary N) is 1. The van der Waals surface area contributed by atoms with Gasteiger partial charge >= 0.3 is 0 Å². The Bertz CT molecular complexity index is 1410. The van der Waals surface area contributed by atoms with E-state index >= 15 is 0 Å². The fourth-order valence-corrected chi connectivity index (χ4v) is 3.96. The van der Waals surface area contributed by atoms with Crippen molar-refractivity contribution in [3.05, 3.63) is 88.6 Å². The highest BCUT2D eigenvalue weighted by molar-refractivity contribution is 6.29. The van der Waals surface area contributed by atoms with Crippen LogP contribution in [0.1, 0.15) is 47.8 Å². The lowest BCUT2D eigenvalue weighted by Crippen LogP contribution is -2.42. The number of hydrogen-bond acceptors (Lipinski definition) is 6. The Balaban J connectivity index is 1.79. The molecule has 3 aromatic heterocycles. The molecule has 4 aromatic rings. The summed E-state index contributed by atoms with van der Waals surface area (Å²) in [5, 5.41) is 3.05. The summed E-state index contributed by atoms with van der Waals surface area (Å²) in [5.41, 5.74) is 7.74. The van der Waals surface area contributed by atoms with E-state index in [1.54, 1.807) is 39.0 Å². The molecule has 3 N–H and O–H groups in total. The molecule has 0 aliphatic rings. The Morgan fingerprint density at radius 2 is 1.64 bits per heavy atom. The molecule has 0 spiro atoms. The lowest BCUT2D eigenvalue weighted by molar-refractivity contribution is 0.0905. The fourth-order valence-electron chi connectivity index (χ4n) is 3.71. The third-order valence-electron chi connectivity index (χ3n) is 5.44. The number of aryl methyl sites for hydroxylation is 1. The number of nitrogen functional groups attached to an aromatic ring is 1. The number of hydrogen-bond donors (Lipinski definition) is 2. The molecule has 10 heteroatoms. The minimum Gasteiger partial charge on any atom is -0.382 e. The number of aromatic nitrogens is 4. The molecule has 0 aliphatic carbocycles. The molecule has 0 bridgehead atoms. The van der Waals surface area contributed by atoms with E-state index in [0.29, 0.717) is 22.6 Å². The molecule has 1 amide bonds. The van der Waals surface area contributed by atoms with Gasteiger partial charge in [-0.1, -0.05) is 48.0 Å². The van der Waals surface area contributed by atoms with Crippen molar-refractivity contribution in [2.45, 2.75) is 32.7 Å². The van der Waals surface area contributed by atoms with E-state index in [-0.39, 0.29) is 28.1 Å². The monoisotopic (exact) mass is 508 g/mol. The van der Waals surface area contributed by atoms with Crippen molar-refractivity contribution in [1.29, 1.82) is 0 Å². The first-order valence-corrected chi connectivity index (χ1v) is 11.4. The number of anilines is 1. The Morgan fingerprint density at radius 3 is 2.31 bits per heavy atom. The molecule has 0 fully saturated rings. The molecule has 36 heavy (non-hydrogen) atoms. The smallest absolute Gasteiger partial charge is 0.280 e. The first-order chi connectivity index (χ1) is 17.0. The largest absolute Gasteiger partial charge is 0.382 e. The molecule has 4 rings (SSSR count). The number of carbonyl (C=O) groups excluding carboxylic acids is 1. The predicted molar refractivity (Wildman–Crippen MR) is 135 cm³/mol. The van der Waals surface area contributed by atoms with E-state index in [1.165, 1.54) is 12.1 Å². The van der Waals surface area contributed by atoms with Gasteiger partial charge in [-0.2, -0.15) is 0 Å². The van der Waals surface area contributed by atoms with Crippen molar-refractivity contribution in [3.63, 3.8) is 0 Å². The second-order valence-electron chi connectivity index (χ2n) is 8.67. The fraction of sp³-hybridized carbons (Fsp3) is 0.192. The van der Waals surface area contributed by atoms with Gasteiger partial charge in [0.1, 0.15) is 10.8 Å². The summed E-state index contributed by atoms with van der Waals surface area (Å²) < 4.78 is 26.3. The maximum Gasteiger partial charge on any atom is 0.280 e. The van der Waals surface area contributed by atoms with Crippen LogP contribution in [-0.4, -0.2) is 25.8 Å². The molecule has 0 aliphatic heterocycles. The summed E-state index contributed by atoms with van der Waals surface area (Å²) >= 11 is 6.20. The number of pyridine rings is 2. The van der Waals surface area contributed by atoms with Crippen LogP contribution in [0.5, 0.6) is 0 Å². The summed E-state index contributed by atoms with van der Waals surface area (Å²) in [6.07, 6.45) is -2.73. The topological polar surface area (TPSA) is 107 Å². The molecule has 0 atom stereocenters. The van der Waals surface area contributed by atoms with Crippen LogP contribution in [-0.2, 0) is 5.54 Å². The van der Waals surface area contributed by atoms with Crippen LogP contribution in [0.4, 0.5) is 14.6 Å². The summed E-state index contributed by atoms with van der Waals surface area (Å²) in [6, 6.07) is 17.0. The van der Waals surface area contributed by atoms with Crippen LogP contribution in [0.2, 0.25) is 5.15 Å². The predicted octanol–water partition coefficient (Wildman–Crippen LogP) is 5.75. The standard InChI is InChI=1S/C26H23ClF2N6O/c1-14-12-16(13-19(27)31-14)21-20(15-8-5-4-6-9-15)34-24(30)22(33-21)25(36)35-26(2,3)18-11-7-10-17(32-18)23(28)29/h4-13,23H,1-3H3,(H2,30,34)(H,35,36). The highest BCUT2D eigenvalue weighted by atomic mass is 35.5. The Labute approximate surface area is 211 Å². The lowest BCUT2D eigenvalue weighted by atomic mass is 9.99. The highest BCUT2D eigenvalue weighted by Crippen LogP contribution is 2.32. The van der Waals surface area contributed by atoms with Gasteiger partial charge in [-0.3, -0.25) is 4.79 Å². The van der Waals surface area contributed by atoms with Crippen molar-refractivity contribution in [2.75, 3.05) is 5.73 Å². The second kappa shape index (κ2) is 9.94. The Hall–Kier alpha value is -3.98. The first kappa shape index (κ1) is 25.1. The average Bonchev–Trinajstić information content (AvgIpc) is 2.83. The minimum atomic E-state index is -2.73. The molecule has 184 valence electrons. The number of alkyl halides is 2. The van der Waals surface area contributed by atoms with E-state index in [9.17, 15) is 13.6 Å². The zero-order chi connectivity index (χ0) is 26.0. The molecular weight excluding hydrogens is 486 g/mol. The number of benzene rings is 1. The van der Waals surface area contributed by atoms with Crippen LogP contribution in [0.3, 0.4) is 0 Å². The van der Waals surface area contributed by atoms with Crippen LogP contribution < -0.4 is 11.1 Å². The normalized spacial score (nSPS) is 11.5. The Morgan fingerprint density at radius 1 is 0.944 bits per heavy atom. The van der Waals surface area contributed by atoms with E-state index in [4.69, 9.17) is 17.3 Å². The van der Waals surface area contributed by atoms with Gasteiger partial charge in [0.25, 0.3) is 12.3 Å². The van der Waals surface area contributed by atoms with Crippen molar-refractivity contribution in [1.82, 2.24) is 25.3 Å². The van der Waals surface area contributed by atoms with E-state index in [2.05, 4.69) is 25.3 Å². The lowest BCUT2D eigenvalue weighted by Gasteiger charge is -2.26. The summed E-state index contributed by atoms with van der Waals surface area (Å²) in [5.74, 6) is -0.718.